The summed E-state index contributed by atoms with van der Waals surface area (Å²) in [6.45, 7) is 2.23. The molecule has 0 aliphatic heterocycles. The van der Waals surface area contributed by atoms with E-state index in [1.807, 2.05) is 72.8 Å². The fourth-order valence-corrected chi connectivity index (χ4v) is 5.59. The van der Waals surface area contributed by atoms with Crippen molar-refractivity contribution in [2.24, 2.45) is 0 Å². The van der Waals surface area contributed by atoms with Gasteiger partial charge in [-0.05, 0) is 60.0 Å². The molecule has 1 atom stereocenters. The molecule has 0 saturated carbocycles. The van der Waals surface area contributed by atoms with Crippen molar-refractivity contribution in [3.05, 3.63) is 125 Å². The lowest BCUT2D eigenvalue weighted by molar-refractivity contribution is -0.116. The van der Waals surface area contributed by atoms with E-state index >= 15 is 0 Å². The van der Waals surface area contributed by atoms with E-state index in [1.165, 1.54) is 4.31 Å². The molecule has 1 unspecified atom stereocenters. The molecule has 0 spiro atoms. The molecule has 0 aliphatic carbocycles. The van der Waals surface area contributed by atoms with Crippen LogP contribution in [-0.2, 0) is 45.5 Å². The van der Waals surface area contributed by atoms with Crippen LogP contribution in [0.3, 0.4) is 0 Å². The quantitative estimate of drug-likeness (QED) is 0.210. The minimum atomic E-state index is -3.75. The number of nitrogens with zero attached hydrogens (tertiary/aromatic N) is 1. The Morgan fingerprint density at radius 3 is 2.05 bits per heavy atom. The van der Waals surface area contributed by atoms with Crippen LogP contribution in [0.4, 0.5) is 0 Å². The zero-order valence-corrected chi connectivity index (χ0v) is 22.4. The van der Waals surface area contributed by atoms with Gasteiger partial charge in [0.05, 0.1) is 20.2 Å². The first-order valence-electron chi connectivity index (χ1n) is 12.3. The van der Waals surface area contributed by atoms with Gasteiger partial charge >= 0.3 is 0 Å². The Labute approximate surface area is 225 Å². The van der Waals surface area contributed by atoms with Gasteiger partial charge in [-0.3, -0.25) is 4.79 Å². The lowest BCUT2D eigenvalue weighted by Crippen LogP contribution is -2.35. The minimum absolute atomic E-state index is 0.107. The van der Waals surface area contributed by atoms with Crippen LogP contribution >= 0.6 is 0 Å². The fraction of sp³-hybridized carbons (Fsp3) is 0.194. The molecule has 0 heterocycles. The van der Waals surface area contributed by atoms with E-state index in [9.17, 15) is 13.6 Å². The normalized spacial score (nSPS) is 12.6. The molecule has 0 bridgehead atoms. The number of rotatable bonds is 12. The zero-order chi connectivity index (χ0) is 27.0. The van der Waals surface area contributed by atoms with Crippen LogP contribution < -0.4 is 9.47 Å². The van der Waals surface area contributed by atoms with Crippen molar-refractivity contribution in [3.8, 4) is 11.5 Å². The Balaban J connectivity index is 1.56. The van der Waals surface area contributed by atoms with E-state index in [2.05, 4.69) is 0 Å². The third kappa shape index (κ3) is 7.16. The largest absolute Gasteiger partial charge is 0.593 e. The average molecular weight is 530 g/mol. The van der Waals surface area contributed by atoms with Gasteiger partial charge in [0, 0.05) is 12.0 Å². The lowest BCUT2D eigenvalue weighted by atomic mass is 10.1. The lowest BCUT2D eigenvalue weighted by Gasteiger charge is -2.28. The van der Waals surface area contributed by atoms with Crippen LogP contribution in [0.1, 0.15) is 29.2 Å². The Morgan fingerprint density at radius 1 is 0.816 bits per heavy atom. The first-order valence-corrected chi connectivity index (χ1v) is 13.8. The van der Waals surface area contributed by atoms with Gasteiger partial charge in [0.1, 0.15) is 23.9 Å². The second-order valence-electron chi connectivity index (χ2n) is 9.03. The number of Topliss-reactive ketones (excluding diaryl/α,β-unsaturated/α-hetero) is 1. The Kier molecular flexibility index (Phi) is 9.07. The summed E-state index contributed by atoms with van der Waals surface area (Å²) in [5, 5.41) is 0. The van der Waals surface area contributed by atoms with Gasteiger partial charge in [0.2, 0.25) is 0 Å². The van der Waals surface area contributed by atoms with Crippen LogP contribution in [0.25, 0.3) is 0 Å². The summed E-state index contributed by atoms with van der Waals surface area (Å²) in [5.74, 6) is 1.43. The van der Waals surface area contributed by atoms with Crippen molar-refractivity contribution in [1.82, 2.24) is 4.31 Å². The maximum absolute atomic E-state index is 13.6. The minimum Gasteiger partial charge on any atom is -0.593 e. The Hall–Kier alpha value is -3.78. The van der Waals surface area contributed by atoms with Crippen LogP contribution in [0.2, 0.25) is 0 Å². The average Bonchev–Trinajstić information content (AvgIpc) is 2.93. The summed E-state index contributed by atoms with van der Waals surface area (Å²) in [6, 6.07) is 31.1. The SMILES string of the molecule is COc1ccc(CN(Cc2ccccc2)[S+](=O)([O-])c2ccccc2)cc1COc1ccc(CC(C)=O)cc1. The molecular weight excluding hydrogens is 498 g/mol. The summed E-state index contributed by atoms with van der Waals surface area (Å²) < 4.78 is 40.2. The molecule has 4 aromatic carbocycles. The maximum Gasteiger partial charge on any atom is 0.175 e. The standard InChI is InChI=1S/C31H31NO5S/c1-24(33)19-25-13-16-29(17-14-25)37-23-28-20-27(15-18-31(28)36-2)22-32(21-26-9-5-3-6-10-26)38(34,35)30-11-7-4-8-12-30/h3-18,20H,19,21-23H2,1-2H3. The summed E-state index contributed by atoms with van der Waals surface area (Å²) >= 11 is 0. The van der Waals surface area contributed by atoms with Crippen molar-refractivity contribution in [3.63, 3.8) is 0 Å². The van der Waals surface area contributed by atoms with E-state index in [4.69, 9.17) is 9.47 Å². The molecule has 0 fully saturated rings. The van der Waals surface area contributed by atoms with Crippen LogP contribution in [0.15, 0.2) is 108 Å². The predicted molar refractivity (Wildman–Crippen MR) is 147 cm³/mol. The second kappa shape index (κ2) is 12.6. The number of methoxy groups -OCH3 is 1. The Morgan fingerprint density at radius 2 is 1.42 bits per heavy atom. The number of hydrogen-bond acceptors (Lipinski definition) is 5. The van der Waals surface area contributed by atoms with E-state index in [-0.39, 0.29) is 30.4 Å². The van der Waals surface area contributed by atoms with Crippen LogP contribution in [-0.4, -0.2) is 21.8 Å². The number of ether oxygens (including phenoxy) is 2. The first kappa shape index (κ1) is 27.3. The maximum atomic E-state index is 13.6. The molecule has 4 aromatic rings. The molecule has 0 radical (unpaired) electrons. The highest BCUT2D eigenvalue weighted by molar-refractivity contribution is 7.95. The third-order valence-corrected chi connectivity index (χ3v) is 7.86. The highest BCUT2D eigenvalue weighted by atomic mass is 32.3. The summed E-state index contributed by atoms with van der Waals surface area (Å²) in [4.78, 5) is 11.6. The van der Waals surface area contributed by atoms with Crippen molar-refractivity contribution in [2.75, 3.05) is 7.11 Å². The van der Waals surface area contributed by atoms with Crippen molar-refractivity contribution >= 4 is 16.2 Å². The topological polar surface area (TPSA) is 78.9 Å². The van der Waals surface area contributed by atoms with Gasteiger partial charge in [-0.15, -0.1) is 4.31 Å². The fourth-order valence-electron chi connectivity index (χ4n) is 4.15. The third-order valence-electron chi connectivity index (χ3n) is 6.06. The van der Waals surface area contributed by atoms with Crippen molar-refractivity contribution in [2.45, 2.75) is 37.9 Å². The van der Waals surface area contributed by atoms with Crippen molar-refractivity contribution in [1.29, 1.82) is 0 Å². The van der Waals surface area contributed by atoms with Gasteiger partial charge in [-0.1, -0.05) is 70.9 Å². The van der Waals surface area contributed by atoms with Gasteiger partial charge < -0.3 is 14.0 Å². The smallest absolute Gasteiger partial charge is 0.175 e. The summed E-state index contributed by atoms with van der Waals surface area (Å²) in [5.41, 5.74) is 3.45. The molecule has 0 aromatic heterocycles. The molecule has 0 aliphatic rings. The number of hydrogen-bond donors (Lipinski definition) is 0. The molecule has 0 N–H and O–H groups in total. The molecule has 0 amide bonds. The molecule has 7 heteroatoms. The van der Waals surface area contributed by atoms with E-state index in [0.717, 1.165) is 22.3 Å². The number of sulfonamides is 1. The van der Waals surface area contributed by atoms with Gasteiger partial charge in [-0.25, -0.2) is 0 Å². The van der Waals surface area contributed by atoms with Gasteiger partial charge in [-0.2, -0.15) is 0 Å². The molecule has 4 rings (SSSR count). The van der Waals surface area contributed by atoms with Crippen molar-refractivity contribution < 1.29 is 23.0 Å². The molecule has 196 valence electrons. The zero-order valence-electron chi connectivity index (χ0n) is 21.5. The molecule has 38 heavy (non-hydrogen) atoms. The molecular formula is C31H31NO5S. The Bertz CT molecular complexity index is 1390. The van der Waals surface area contributed by atoms with E-state index < -0.39 is 10.4 Å². The van der Waals surface area contributed by atoms with Gasteiger partial charge in [0.25, 0.3) is 0 Å². The van der Waals surface area contributed by atoms with E-state index in [1.54, 1.807) is 44.4 Å². The summed E-state index contributed by atoms with van der Waals surface area (Å²) in [6.07, 6.45) is 0.390. The highest BCUT2D eigenvalue weighted by Gasteiger charge is 2.30. The highest BCUT2D eigenvalue weighted by Crippen LogP contribution is 2.28. The van der Waals surface area contributed by atoms with Crippen LogP contribution in [0, 0.1) is 0 Å². The van der Waals surface area contributed by atoms with Gasteiger partial charge in [0.15, 0.2) is 15.3 Å². The number of benzene rings is 4. The number of carbonyl (C=O) groups excluding carboxylic acids is 1. The molecule has 6 nitrogen and oxygen atoms in total. The summed E-state index contributed by atoms with van der Waals surface area (Å²) in [7, 11) is -2.15. The first-order chi connectivity index (χ1) is 18.3. The number of ketones is 1. The monoisotopic (exact) mass is 529 g/mol. The van der Waals surface area contributed by atoms with Crippen LogP contribution in [0.5, 0.6) is 11.5 Å². The second-order valence-corrected chi connectivity index (χ2v) is 11.0. The van der Waals surface area contributed by atoms with E-state index in [0.29, 0.717) is 17.9 Å². The number of carbonyl (C=O) groups is 1. The predicted octanol–water partition coefficient (Wildman–Crippen LogP) is 6.01. The molecule has 0 saturated heterocycles.